The average Bonchev–Trinajstić information content (AvgIpc) is 2.34. The van der Waals surface area contributed by atoms with E-state index in [0.717, 1.165) is 25.0 Å². The highest BCUT2D eigenvalue weighted by Gasteiger charge is 2.13. The maximum absolute atomic E-state index is 9.91. The van der Waals surface area contributed by atoms with Crippen molar-refractivity contribution in [1.29, 1.82) is 0 Å². The number of aliphatic hydroxyl groups excluding tert-OH is 1. The highest BCUT2D eigenvalue weighted by atomic mass is 32.2. The summed E-state index contributed by atoms with van der Waals surface area (Å²) in [5.74, 6) is 1.37. The van der Waals surface area contributed by atoms with Crippen molar-refractivity contribution in [2.24, 2.45) is 5.92 Å². The zero-order valence-corrected chi connectivity index (χ0v) is 11.0. The largest absolute Gasteiger partial charge is 0.393 e. The van der Waals surface area contributed by atoms with E-state index in [1.54, 1.807) is 0 Å². The lowest BCUT2D eigenvalue weighted by Gasteiger charge is -2.18. The van der Waals surface area contributed by atoms with Crippen LogP contribution in [0.2, 0.25) is 0 Å². The highest BCUT2D eigenvalue weighted by Crippen LogP contribution is 2.22. The second-order valence-corrected chi connectivity index (χ2v) is 5.40. The van der Waals surface area contributed by atoms with E-state index in [0.29, 0.717) is 5.92 Å². The van der Waals surface area contributed by atoms with Crippen molar-refractivity contribution in [3.05, 3.63) is 30.3 Å². The predicted octanol–water partition coefficient (Wildman–Crippen LogP) is 3.97. The van der Waals surface area contributed by atoms with Crippen LogP contribution < -0.4 is 0 Å². The fourth-order valence-electron chi connectivity index (χ4n) is 1.55. The molecule has 0 fully saturated rings. The maximum Gasteiger partial charge on any atom is 0.0573 e. The molecule has 0 aliphatic heterocycles. The lowest BCUT2D eigenvalue weighted by atomic mass is 10.0. The van der Waals surface area contributed by atoms with Gasteiger partial charge in [-0.25, -0.2) is 0 Å². The van der Waals surface area contributed by atoms with Gasteiger partial charge < -0.3 is 5.11 Å². The topological polar surface area (TPSA) is 20.2 Å². The molecule has 16 heavy (non-hydrogen) atoms. The summed E-state index contributed by atoms with van der Waals surface area (Å²) in [7, 11) is 0. The molecule has 0 saturated carbocycles. The van der Waals surface area contributed by atoms with E-state index in [9.17, 15) is 5.11 Å². The molecule has 90 valence electrons. The van der Waals surface area contributed by atoms with Crippen LogP contribution in [0.25, 0.3) is 0 Å². The fraction of sp³-hybridized carbons (Fsp3) is 0.571. The third-order valence-corrected chi connectivity index (χ3v) is 4.06. The lowest BCUT2D eigenvalue weighted by molar-refractivity contribution is 0.116. The maximum atomic E-state index is 9.91. The van der Waals surface area contributed by atoms with Gasteiger partial charge in [0.25, 0.3) is 0 Å². The van der Waals surface area contributed by atoms with Crippen LogP contribution in [0.5, 0.6) is 0 Å². The van der Waals surface area contributed by atoms with Gasteiger partial charge in [-0.3, -0.25) is 0 Å². The minimum absolute atomic E-state index is 0.142. The van der Waals surface area contributed by atoms with E-state index < -0.39 is 0 Å². The molecule has 2 atom stereocenters. The average molecular weight is 238 g/mol. The van der Waals surface area contributed by atoms with Crippen LogP contribution in [0.1, 0.15) is 33.1 Å². The molecule has 1 aromatic carbocycles. The van der Waals surface area contributed by atoms with E-state index in [2.05, 4.69) is 38.1 Å². The number of hydrogen-bond acceptors (Lipinski definition) is 2. The van der Waals surface area contributed by atoms with Gasteiger partial charge in [-0.15, -0.1) is 11.8 Å². The van der Waals surface area contributed by atoms with Crippen molar-refractivity contribution in [3.63, 3.8) is 0 Å². The standard InChI is InChI=1S/C14H22OS/c1-3-4-10-14(15)12(2)11-16-13-8-6-5-7-9-13/h5-9,12,14-15H,3-4,10-11H2,1-2H3/t12-,14-/m1/s1. The van der Waals surface area contributed by atoms with Crippen LogP contribution in [-0.2, 0) is 0 Å². The van der Waals surface area contributed by atoms with Crippen LogP contribution in [0.4, 0.5) is 0 Å². The molecule has 1 aromatic rings. The van der Waals surface area contributed by atoms with Gasteiger partial charge in [-0.2, -0.15) is 0 Å². The highest BCUT2D eigenvalue weighted by molar-refractivity contribution is 7.99. The second kappa shape index (κ2) is 7.75. The molecular formula is C14H22OS. The Morgan fingerprint density at radius 1 is 1.25 bits per heavy atom. The summed E-state index contributed by atoms with van der Waals surface area (Å²) in [6.45, 7) is 4.30. The van der Waals surface area contributed by atoms with Crippen molar-refractivity contribution >= 4 is 11.8 Å². The molecule has 0 aliphatic rings. The number of benzene rings is 1. The minimum Gasteiger partial charge on any atom is -0.393 e. The molecule has 0 spiro atoms. The molecule has 0 aromatic heterocycles. The van der Waals surface area contributed by atoms with E-state index in [1.165, 1.54) is 4.90 Å². The molecule has 0 aliphatic carbocycles. The number of aliphatic hydroxyl groups is 1. The zero-order valence-electron chi connectivity index (χ0n) is 10.2. The molecule has 1 rings (SSSR count). The number of rotatable bonds is 7. The molecular weight excluding hydrogens is 216 g/mol. The summed E-state index contributed by atoms with van der Waals surface area (Å²) in [5, 5.41) is 9.91. The van der Waals surface area contributed by atoms with Gasteiger partial charge in [-0.1, -0.05) is 44.9 Å². The van der Waals surface area contributed by atoms with Gasteiger partial charge in [0.1, 0.15) is 0 Å². The Morgan fingerprint density at radius 2 is 1.94 bits per heavy atom. The minimum atomic E-state index is -0.142. The normalized spacial score (nSPS) is 14.7. The van der Waals surface area contributed by atoms with Gasteiger partial charge in [0.2, 0.25) is 0 Å². The summed E-state index contributed by atoms with van der Waals surface area (Å²) in [5.41, 5.74) is 0. The van der Waals surface area contributed by atoms with Gasteiger partial charge in [0, 0.05) is 10.6 Å². The Balaban J connectivity index is 2.26. The molecule has 0 saturated heterocycles. The molecule has 0 heterocycles. The van der Waals surface area contributed by atoms with E-state index >= 15 is 0 Å². The number of unbranched alkanes of at least 4 members (excludes halogenated alkanes) is 1. The SMILES string of the molecule is CCCC[C@@H](O)[C@H](C)CSc1ccccc1. The third-order valence-electron chi connectivity index (χ3n) is 2.77. The quantitative estimate of drug-likeness (QED) is 0.725. The van der Waals surface area contributed by atoms with Gasteiger partial charge in [-0.05, 0) is 24.5 Å². The first-order valence-electron chi connectivity index (χ1n) is 6.10. The van der Waals surface area contributed by atoms with Gasteiger partial charge in [0.05, 0.1) is 6.10 Å². The predicted molar refractivity (Wildman–Crippen MR) is 71.9 cm³/mol. The van der Waals surface area contributed by atoms with Crippen LogP contribution in [0, 0.1) is 5.92 Å². The summed E-state index contributed by atoms with van der Waals surface area (Å²) in [4.78, 5) is 1.29. The summed E-state index contributed by atoms with van der Waals surface area (Å²) in [6, 6.07) is 10.4. The van der Waals surface area contributed by atoms with Gasteiger partial charge >= 0.3 is 0 Å². The van der Waals surface area contributed by atoms with Crippen molar-refractivity contribution in [2.75, 3.05) is 5.75 Å². The molecule has 2 heteroatoms. The lowest BCUT2D eigenvalue weighted by Crippen LogP contribution is -2.19. The second-order valence-electron chi connectivity index (χ2n) is 4.31. The molecule has 0 amide bonds. The van der Waals surface area contributed by atoms with Crippen LogP contribution >= 0.6 is 11.8 Å². The van der Waals surface area contributed by atoms with Gasteiger partial charge in [0.15, 0.2) is 0 Å². The summed E-state index contributed by atoms with van der Waals surface area (Å²) >= 11 is 1.83. The van der Waals surface area contributed by atoms with Crippen molar-refractivity contribution in [3.8, 4) is 0 Å². The van der Waals surface area contributed by atoms with E-state index in [4.69, 9.17) is 0 Å². The fourth-order valence-corrected chi connectivity index (χ4v) is 2.58. The Bertz CT molecular complexity index is 273. The molecule has 0 unspecified atom stereocenters. The monoisotopic (exact) mass is 238 g/mol. The van der Waals surface area contributed by atoms with Crippen molar-refractivity contribution in [2.45, 2.75) is 44.1 Å². The smallest absolute Gasteiger partial charge is 0.0573 e. The van der Waals surface area contributed by atoms with Crippen LogP contribution in [0.3, 0.4) is 0 Å². The zero-order chi connectivity index (χ0) is 11.8. The third kappa shape index (κ3) is 5.04. The first-order valence-corrected chi connectivity index (χ1v) is 7.08. The van der Waals surface area contributed by atoms with Crippen molar-refractivity contribution < 1.29 is 5.11 Å². The van der Waals surface area contributed by atoms with Crippen LogP contribution in [0.15, 0.2) is 35.2 Å². The first kappa shape index (κ1) is 13.6. The molecule has 0 bridgehead atoms. The Kier molecular flexibility index (Phi) is 6.58. The summed E-state index contributed by atoms with van der Waals surface area (Å²) in [6.07, 6.45) is 3.08. The summed E-state index contributed by atoms with van der Waals surface area (Å²) < 4.78 is 0. The first-order chi connectivity index (χ1) is 7.74. The Hall–Kier alpha value is -0.470. The van der Waals surface area contributed by atoms with Crippen LogP contribution in [-0.4, -0.2) is 17.0 Å². The molecule has 0 radical (unpaired) electrons. The number of hydrogen-bond donors (Lipinski definition) is 1. The molecule has 1 N–H and O–H groups in total. The van der Waals surface area contributed by atoms with Crippen molar-refractivity contribution in [1.82, 2.24) is 0 Å². The van der Waals surface area contributed by atoms with E-state index in [-0.39, 0.29) is 6.10 Å². The molecule has 1 nitrogen and oxygen atoms in total. The van der Waals surface area contributed by atoms with E-state index in [1.807, 2.05) is 17.8 Å². The Labute approximate surface area is 103 Å². The Morgan fingerprint density at radius 3 is 2.56 bits per heavy atom. The number of thioether (sulfide) groups is 1.